The molecule has 0 bridgehead atoms. The van der Waals surface area contributed by atoms with Gasteiger partial charge in [0.05, 0.1) is 11.3 Å². The summed E-state index contributed by atoms with van der Waals surface area (Å²) < 4.78 is 39.4. The van der Waals surface area contributed by atoms with Crippen LogP contribution in [-0.2, 0) is 6.18 Å². The first-order valence-corrected chi connectivity index (χ1v) is 7.00. The Hall–Kier alpha value is -1.83. The monoisotopic (exact) mass is 317 g/mol. The van der Waals surface area contributed by atoms with E-state index in [1.54, 1.807) is 13.8 Å². The van der Waals surface area contributed by atoms with E-state index in [-0.39, 0.29) is 32.5 Å². The molecule has 2 heterocycles. The first-order valence-electron chi connectivity index (χ1n) is 6.19. The number of aromatic nitrogens is 1. The van der Waals surface area contributed by atoms with Crippen LogP contribution in [0.2, 0.25) is 0 Å². The SMILES string of the molecule is Cc1cc(C(F)(F)F)c2c(N)c(C(=O)NC(C)C)sc2n1. The molecular formula is C13H14F3N3OS. The van der Waals surface area contributed by atoms with Crippen LogP contribution in [0, 0.1) is 6.92 Å². The van der Waals surface area contributed by atoms with Crippen molar-refractivity contribution in [3.63, 3.8) is 0 Å². The van der Waals surface area contributed by atoms with Gasteiger partial charge in [0.15, 0.2) is 0 Å². The Morgan fingerprint density at radius 1 is 1.43 bits per heavy atom. The minimum absolute atomic E-state index is 0.0577. The molecule has 114 valence electrons. The number of aryl methyl sites for hydroxylation is 1. The topological polar surface area (TPSA) is 68.0 Å². The highest BCUT2D eigenvalue weighted by molar-refractivity contribution is 7.21. The van der Waals surface area contributed by atoms with Crippen molar-refractivity contribution >= 4 is 33.1 Å². The fourth-order valence-electron chi connectivity index (χ4n) is 1.96. The van der Waals surface area contributed by atoms with Crippen LogP contribution >= 0.6 is 11.3 Å². The van der Waals surface area contributed by atoms with Crippen molar-refractivity contribution in [2.75, 3.05) is 5.73 Å². The number of nitrogens with two attached hydrogens (primary N) is 1. The van der Waals surface area contributed by atoms with Gasteiger partial charge in [-0.05, 0) is 26.8 Å². The Labute approximate surface area is 123 Å². The van der Waals surface area contributed by atoms with E-state index < -0.39 is 17.6 Å². The van der Waals surface area contributed by atoms with Gasteiger partial charge >= 0.3 is 6.18 Å². The van der Waals surface area contributed by atoms with E-state index in [1.165, 1.54) is 6.92 Å². The number of nitrogens with one attached hydrogen (secondary N) is 1. The first-order chi connectivity index (χ1) is 9.61. The van der Waals surface area contributed by atoms with Crippen molar-refractivity contribution in [2.45, 2.75) is 33.0 Å². The van der Waals surface area contributed by atoms with E-state index in [4.69, 9.17) is 5.73 Å². The average Bonchev–Trinajstić information content (AvgIpc) is 2.63. The summed E-state index contributed by atoms with van der Waals surface area (Å²) in [4.78, 5) is 16.2. The maximum absolute atomic E-state index is 13.1. The summed E-state index contributed by atoms with van der Waals surface area (Å²) in [6, 6.07) is 0.800. The molecule has 2 rings (SSSR count). The van der Waals surface area contributed by atoms with E-state index in [9.17, 15) is 18.0 Å². The molecule has 0 aliphatic carbocycles. The Balaban J connectivity index is 2.69. The lowest BCUT2D eigenvalue weighted by Gasteiger charge is -2.10. The standard InChI is InChI=1S/C13H14F3N3OS/c1-5(2)18-11(20)10-9(17)8-7(13(14,15)16)4-6(3)19-12(8)21-10/h4-5H,17H2,1-3H3,(H,18,20). The van der Waals surface area contributed by atoms with Gasteiger partial charge in [-0.25, -0.2) is 4.98 Å². The Morgan fingerprint density at radius 3 is 2.57 bits per heavy atom. The van der Waals surface area contributed by atoms with Gasteiger partial charge in [0.25, 0.3) is 5.91 Å². The second-order valence-corrected chi connectivity index (χ2v) is 5.96. The van der Waals surface area contributed by atoms with Crippen molar-refractivity contribution in [1.82, 2.24) is 10.3 Å². The molecule has 2 aromatic rings. The molecular weight excluding hydrogens is 303 g/mol. The number of thiophene rings is 1. The molecule has 0 radical (unpaired) electrons. The van der Waals surface area contributed by atoms with Crippen LogP contribution in [0.1, 0.15) is 34.8 Å². The van der Waals surface area contributed by atoms with Crippen molar-refractivity contribution < 1.29 is 18.0 Å². The number of halogens is 3. The number of fused-ring (bicyclic) bond motifs is 1. The maximum Gasteiger partial charge on any atom is 0.417 e. The number of nitrogen functional groups attached to an aromatic ring is 1. The quantitative estimate of drug-likeness (QED) is 0.892. The summed E-state index contributed by atoms with van der Waals surface area (Å²) in [6.07, 6.45) is -4.55. The molecule has 0 spiro atoms. The molecule has 4 nitrogen and oxygen atoms in total. The largest absolute Gasteiger partial charge is 0.417 e. The number of carbonyl (C=O) groups is 1. The number of anilines is 1. The summed E-state index contributed by atoms with van der Waals surface area (Å²) in [5.74, 6) is -0.490. The number of hydrogen-bond donors (Lipinski definition) is 2. The number of alkyl halides is 3. The Kier molecular flexibility index (Phi) is 3.83. The first kappa shape index (κ1) is 15.6. The summed E-state index contributed by atoms with van der Waals surface area (Å²) in [7, 11) is 0. The van der Waals surface area contributed by atoms with E-state index in [0.29, 0.717) is 0 Å². The third-order valence-corrected chi connectivity index (χ3v) is 3.86. The predicted octanol–water partition coefficient (Wildman–Crippen LogP) is 3.34. The second-order valence-electron chi connectivity index (χ2n) is 4.96. The molecule has 0 aromatic carbocycles. The molecule has 0 atom stereocenters. The summed E-state index contributed by atoms with van der Waals surface area (Å²) >= 11 is 0.870. The van der Waals surface area contributed by atoms with Crippen LogP contribution < -0.4 is 11.1 Å². The zero-order chi connectivity index (χ0) is 15.9. The van der Waals surface area contributed by atoms with Gasteiger partial charge < -0.3 is 11.1 Å². The molecule has 0 saturated heterocycles. The van der Waals surface area contributed by atoms with Gasteiger partial charge in [-0.2, -0.15) is 13.2 Å². The van der Waals surface area contributed by atoms with Gasteiger partial charge in [0.2, 0.25) is 0 Å². The minimum Gasteiger partial charge on any atom is -0.397 e. The fourth-order valence-corrected chi connectivity index (χ4v) is 3.03. The molecule has 0 aliphatic rings. The van der Waals surface area contributed by atoms with E-state index >= 15 is 0 Å². The normalized spacial score (nSPS) is 12.1. The van der Waals surface area contributed by atoms with Crippen LogP contribution in [0.15, 0.2) is 6.07 Å². The van der Waals surface area contributed by atoms with E-state index in [0.717, 1.165) is 17.4 Å². The highest BCUT2D eigenvalue weighted by Crippen LogP contribution is 2.42. The number of amides is 1. The fraction of sp³-hybridized carbons (Fsp3) is 0.385. The molecule has 2 aromatic heterocycles. The predicted molar refractivity (Wildman–Crippen MR) is 76.4 cm³/mol. The summed E-state index contributed by atoms with van der Waals surface area (Å²) in [5.41, 5.74) is 4.97. The zero-order valence-electron chi connectivity index (χ0n) is 11.6. The average molecular weight is 317 g/mol. The second kappa shape index (κ2) is 5.18. The number of carbonyl (C=O) groups excluding carboxylic acids is 1. The number of rotatable bonds is 2. The van der Waals surface area contributed by atoms with Gasteiger partial charge in [-0.15, -0.1) is 11.3 Å². The molecule has 1 amide bonds. The lowest BCUT2D eigenvalue weighted by atomic mass is 10.1. The van der Waals surface area contributed by atoms with Crippen molar-refractivity contribution in [3.05, 3.63) is 22.2 Å². The highest BCUT2D eigenvalue weighted by atomic mass is 32.1. The van der Waals surface area contributed by atoms with Crippen LogP contribution in [0.3, 0.4) is 0 Å². The van der Waals surface area contributed by atoms with E-state index in [1.807, 2.05) is 0 Å². The van der Waals surface area contributed by atoms with Crippen LogP contribution in [0.4, 0.5) is 18.9 Å². The smallest absolute Gasteiger partial charge is 0.397 e. The van der Waals surface area contributed by atoms with Crippen LogP contribution in [-0.4, -0.2) is 16.9 Å². The molecule has 0 saturated carbocycles. The maximum atomic E-state index is 13.1. The number of nitrogens with zero attached hydrogens (tertiary/aromatic N) is 1. The van der Waals surface area contributed by atoms with Crippen molar-refractivity contribution in [1.29, 1.82) is 0 Å². The molecule has 8 heteroatoms. The number of hydrogen-bond acceptors (Lipinski definition) is 4. The van der Waals surface area contributed by atoms with Crippen LogP contribution in [0.5, 0.6) is 0 Å². The Morgan fingerprint density at radius 2 is 2.05 bits per heavy atom. The molecule has 3 N–H and O–H groups in total. The molecule has 0 aliphatic heterocycles. The molecule has 0 fully saturated rings. The summed E-state index contributed by atoms with van der Waals surface area (Å²) in [6.45, 7) is 4.98. The third kappa shape index (κ3) is 2.94. The number of pyridine rings is 1. The summed E-state index contributed by atoms with van der Waals surface area (Å²) in [5, 5.41) is 2.41. The highest BCUT2D eigenvalue weighted by Gasteiger charge is 2.35. The van der Waals surface area contributed by atoms with Crippen LogP contribution in [0.25, 0.3) is 10.2 Å². The third-order valence-electron chi connectivity index (χ3n) is 2.76. The van der Waals surface area contributed by atoms with Crippen molar-refractivity contribution in [3.8, 4) is 0 Å². The minimum atomic E-state index is -4.55. The van der Waals surface area contributed by atoms with Gasteiger partial charge in [-0.3, -0.25) is 4.79 Å². The lowest BCUT2D eigenvalue weighted by Crippen LogP contribution is -2.29. The molecule has 21 heavy (non-hydrogen) atoms. The van der Waals surface area contributed by atoms with Gasteiger partial charge in [-0.1, -0.05) is 0 Å². The van der Waals surface area contributed by atoms with Gasteiger partial charge in [0, 0.05) is 17.1 Å². The van der Waals surface area contributed by atoms with Crippen molar-refractivity contribution in [2.24, 2.45) is 0 Å². The van der Waals surface area contributed by atoms with E-state index in [2.05, 4.69) is 10.3 Å². The molecule has 0 unspecified atom stereocenters. The van der Waals surface area contributed by atoms with Gasteiger partial charge in [0.1, 0.15) is 9.71 Å². The Bertz CT molecular complexity index is 707. The lowest BCUT2D eigenvalue weighted by molar-refractivity contribution is -0.136. The zero-order valence-corrected chi connectivity index (χ0v) is 12.4.